The second kappa shape index (κ2) is 35.4. The van der Waals surface area contributed by atoms with Gasteiger partial charge >= 0.3 is 0 Å². The lowest BCUT2D eigenvalue weighted by Crippen LogP contribution is -2.25. The summed E-state index contributed by atoms with van der Waals surface area (Å²) in [5.74, 6) is 0.182. The van der Waals surface area contributed by atoms with E-state index in [2.05, 4.69) is 40.2 Å². The fraction of sp³-hybridized carbons (Fsp3) is 0.579. The van der Waals surface area contributed by atoms with Gasteiger partial charge in [0.2, 0.25) is 11.9 Å². The van der Waals surface area contributed by atoms with E-state index in [-0.39, 0.29) is 41.6 Å². The maximum absolute atomic E-state index is 7.10. The number of nitrogens with one attached hydrogen (secondary N) is 2. The number of aliphatic imine (C=N–C) groups is 3. The highest BCUT2D eigenvalue weighted by Gasteiger charge is 1.97. The first-order valence-electron chi connectivity index (χ1n) is 6.99. The van der Waals surface area contributed by atoms with E-state index in [1.165, 1.54) is 9.91 Å². The maximum Gasteiger partial charge on any atom is 0.237 e. The number of methoxy groups -OCH3 is 1. The van der Waals surface area contributed by atoms with Crippen LogP contribution in [0.25, 0.3) is 0 Å². The highest BCUT2D eigenvalue weighted by Crippen LogP contribution is 1.85. The lowest BCUT2D eigenvalue weighted by molar-refractivity contribution is 0.123. The van der Waals surface area contributed by atoms with E-state index < -0.39 is 0 Å². The Morgan fingerprint density at radius 2 is 1.46 bits per heavy atom. The monoisotopic (exact) mass is 402 g/mol. The summed E-state index contributed by atoms with van der Waals surface area (Å²) in [5.41, 5.74) is 0. The zero-order valence-electron chi connectivity index (χ0n) is 15.4. The van der Waals surface area contributed by atoms with Gasteiger partial charge in [0.1, 0.15) is 6.73 Å². The van der Waals surface area contributed by atoms with Crippen molar-refractivity contribution in [3.05, 3.63) is 12.3 Å². The van der Waals surface area contributed by atoms with Gasteiger partial charge in [-0.2, -0.15) is 5.10 Å². The highest BCUT2D eigenvalue weighted by atomic mass is 16.5. The van der Waals surface area contributed by atoms with Crippen LogP contribution in [0.4, 0.5) is 0 Å². The van der Waals surface area contributed by atoms with E-state index in [0.717, 1.165) is 6.42 Å². The minimum atomic E-state index is 0. The Morgan fingerprint density at radius 1 is 1.00 bits per heavy atom. The minimum absolute atomic E-state index is 0. The van der Waals surface area contributed by atoms with Gasteiger partial charge in [-0.3, -0.25) is 15.8 Å². The summed E-state index contributed by atoms with van der Waals surface area (Å²) in [6, 6.07) is 0. The van der Waals surface area contributed by atoms with Gasteiger partial charge in [-0.15, -0.1) is 0 Å². The van der Waals surface area contributed by atoms with Gasteiger partial charge < -0.3 is 9.64 Å². The molecule has 0 aliphatic heterocycles. The molecule has 0 spiro atoms. The highest BCUT2D eigenvalue weighted by molar-refractivity contribution is 5.81. The molecule has 9 heteroatoms. The predicted octanol–water partition coefficient (Wildman–Crippen LogP) is 4.87. The number of guanidine groups is 2. The van der Waals surface area contributed by atoms with Crippen LogP contribution in [0.1, 0.15) is 50.0 Å². The Morgan fingerprint density at radius 3 is 1.71 bits per heavy atom. The van der Waals surface area contributed by atoms with Crippen LogP contribution in [0.3, 0.4) is 0 Å². The molecular formula is C19H46N8O. The van der Waals surface area contributed by atoms with Crippen LogP contribution in [-0.4, -0.2) is 76.1 Å². The molecule has 0 aliphatic carbocycles. The molecule has 0 aromatic carbocycles. The molecule has 0 bridgehead atoms. The second-order valence-electron chi connectivity index (χ2n) is 3.97. The standard InChI is InChI=1S/C6H12N4.C5H11N3O.C4H7N.4CH4/c1-4-5-9-10(3)6(7)8-2;1-7-5(6)8(2)4-9-3;1-3-4-5-2;;;;/h5,7H,2,4H2,1,3H3;6H,1,4H2,2-3H3;3-4H,2H2,1H3;4*1H4/b7-6?,9-5+;;;;;;. The topological polar surface area (TPSA) is 113 Å². The average molecular weight is 403 g/mol. The number of hydrogen-bond donors (Lipinski definition) is 2. The third-order valence-corrected chi connectivity index (χ3v) is 1.98. The van der Waals surface area contributed by atoms with Gasteiger partial charge in [0, 0.05) is 33.6 Å². The van der Waals surface area contributed by atoms with Crippen LogP contribution in [0.2, 0.25) is 0 Å². The van der Waals surface area contributed by atoms with E-state index >= 15 is 0 Å². The van der Waals surface area contributed by atoms with Crippen molar-refractivity contribution in [3.8, 4) is 0 Å². The van der Waals surface area contributed by atoms with Crippen LogP contribution in [0.5, 0.6) is 0 Å². The summed E-state index contributed by atoms with van der Waals surface area (Å²) in [7, 11) is 4.93. The molecule has 2 N–H and O–H groups in total. The van der Waals surface area contributed by atoms with Gasteiger partial charge in [0.05, 0.1) is 0 Å². The van der Waals surface area contributed by atoms with E-state index in [9.17, 15) is 0 Å². The molecule has 0 unspecified atom stereocenters. The fourth-order valence-electron chi connectivity index (χ4n) is 0.842. The fourth-order valence-corrected chi connectivity index (χ4v) is 0.842. The molecule has 168 valence electrons. The minimum Gasteiger partial charge on any atom is -0.364 e. The Labute approximate surface area is 174 Å². The Hall–Kier alpha value is -2.68. The number of hydrogen-bond acceptors (Lipinski definition) is 5. The summed E-state index contributed by atoms with van der Waals surface area (Å²) in [6.45, 7) is 13.9. The molecule has 0 aliphatic rings. The largest absolute Gasteiger partial charge is 0.364 e. The van der Waals surface area contributed by atoms with E-state index in [1.54, 1.807) is 33.6 Å². The van der Waals surface area contributed by atoms with Crippen LogP contribution in [-0.2, 0) is 4.74 Å². The van der Waals surface area contributed by atoms with Crippen LogP contribution in [0, 0.1) is 10.8 Å². The molecule has 0 atom stereocenters. The second-order valence-corrected chi connectivity index (χ2v) is 3.97. The Balaban J connectivity index is -0.0000000460. The van der Waals surface area contributed by atoms with Crippen molar-refractivity contribution >= 4 is 38.3 Å². The summed E-state index contributed by atoms with van der Waals surface area (Å²) in [6.07, 6.45) is 6.03. The first-order chi connectivity index (χ1) is 11.4. The van der Waals surface area contributed by atoms with Crippen molar-refractivity contribution in [2.45, 2.75) is 50.0 Å². The van der Waals surface area contributed by atoms with E-state index in [1.807, 2.05) is 19.9 Å². The van der Waals surface area contributed by atoms with Crippen molar-refractivity contribution in [2.24, 2.45) is 20.1 Å². The molecule has 0 saturated carbocycles. The number of nitrogens with zero attached hydrogens (tertiary/aromatic N) is 6. The molecule has 9 nitrogen and oxygen atoms in total. The summed E-state index contributed by atoms with van der Waals surface area (Å²) >= 11 is 0. The number of allylic oxidation sites excluding steroid dienone is 1. The average Bonchev–Trinajstić information content (AvgIpc) is 2.60. The number of hydrazone groups is 1. The molecule has 0 rings (SSSR count). The van der Waals surface area contributed by atoms with E-state index in [4.69, 9.17) is 15.6 Å². The molecule has 0 heterocycles. The number of rotatable bonds is 5. The van der Waals surface area contributed by atoms with Crippen molar-refractivity contribution in [2.75, 3.05) is 27.9 Å². The molecule has 0 amide bonds. The molecule has 0 aromatic heterocycles. The predicted molar refractivity (Wildman–Crippen MR) is 132 cm³/mol. The Kier molecular flexibility index (Phi) is 56.5. The molecule has 0 radical (unpaired) electrons. The lowest BCUT2D eigenvalue weighted by Gasteiger charge is -2.13. The SMILES string of the molecule is C.C.C.C.C=NC(=N)N(C)/N=C/CC.C=NC(=N)N(C)COC.C=NC=CC. The first-order valence-corrected chi connectivity index (χ1v) is 6.99. The molecule has 0 aromatic rings. The van der Waals surface area contributed by atoms with Crippen LogP contribution >= 0.6 is 0 Å². The zero-order valence-corrected chi connectivity index (χ0v) is 15.4. The Bertz CT molecular complexity index is 434. The zero-order chi connectivity index (χ0) is 19.4. The van der Waals surface area contributed by atoms with Gasteiger partial charge in [-0.1, -0.05) is 42.7 Å². The maximum atomic E-state index is 7.10. The van der Waals surface area contributed by atoms with Crippen molar-refractivity contribution < 1.29 is 4.74 Å². The molecule has 28 heavy (non-hydrogen) atoms. The van der Waals surface area contributed by atoms with Crippen molar-refractivity contribution in [3.63, 3.8) is 0 Å². The summed E-state index contributed by atoms with van der Waals surface area (Å²) in [5, 5.41) is 19.4. The van der Waals surface area contributed by atoms with Crippen molar-refractivity contribution in [1.82, 2.24) is 9.91 Å². The lowest BCUT2D eigenvalue weighted by atomic mass is 10.6. The normalized spacial score (nSPS) is 7.89. The molecule has 0 saturated heterocycles. The van der Waals surface area contributed by atoms with Gasteiger partial charge in [0.15, 0.2) is 0 Å². The van der Waals surface area contributed by atoms with Crippen LogP contribution < -0.4 is 0 Å². The van der Waals surface area contributed by atoms with Gasteiger partial charge in [-0.25, -0.2) is 15.0 Å². The van der Waals surface area contributed by atoms with Crippen molar-refractivity contribution in [1.29, 1.82) is 10.8 Å². The number of ether oxygens (including phenoxy) is 1. The van der Waals surface area contributed by atoms with Crippen LogP contribution in [0.15, 0.2) is 32.4 Å². The van der Waals surface area contributed by atoms with E-state index in [0.29, 0.717) is 6.73 Å². The third kappa shape index (κ3) is 34.6. The van der Waals surface area contributed by atoms with Gasteiger partial charge in [0.25, 0.3) is 0 Å². The third-order valence-electron chi connectivity index (χ3n) is 1.98. The summed E-state index contributed by atoms with van der Waals surface area (Å²) in [4.78, 5) is 11.7. The smallest absolute Gasteiger partial charge is 0.237 e. The summed E-state index contributed by atoms with van der Waals surface area (Å²) < 4.78 is 4.72. The molecular weight excluding hydrogens is 356 g/mol. The molecule has 0 fully saturated rings. The van der Waals surface area contributed by atoms with Gasteiger partial charge in [-0.05, 0) is 33.5 Å². The quantitative estimate of drug-likeness (QED) is 0.296. The first kappa shape index (κ1) is 44.6.